The molecule has 0 bridgehead atoms. The third-order valence-electron chi connectivity index (χ3n) is 4.21. The summed E-state index contributed by atoms with van der Waals surface area (Å²) in [4.78, 5) is 19.3. The van der Waals surface area contributed by atoms with Gasteiger partial charge in [-0.25, -0.2) is 9.38 Å². The zero-order valence-electron chi connectivity index (χ0n) is 17.3. The van der Waals surface area contributed by atoms with E-state index in [1.807, 2.05) is 20.8 Å². The number of hydrogen-bond acceptors (Lipinski definition) is 4. The first-order chi connectivity index (χ1) is 12.8. The van der Waals surface area contributed by atoms with Crippen LogP contribution in [-0.2, 0) is 4.74 Å². The van der Waals surface area contributed by atoms with E-state index in [-0.39, 0.29) is 23.8 Å². The summed E-state index contributed by atoms with van der Waals surface area (Å²) in [6, 6.07) is 5.67. The van der Waals surface area contributed by atoms with Crippen molar-refractivity contribution in [3.63, 3.8) is 0 Å². The molecule has 1 aromatic carbocycles. The van der Waals surface area contributed by atoms with Crippen LogP contribution in [0.2, 0.25) is 0 Å². The lowest BCUT2D eigenvalue weighted by atomic mass is 10.2. The number of carbonyl (C=O) groups is 1. The minimum absolute atomic E-state index is 0.0382. The van der Waals surface area contributed by atoms with E-state index in [1.165, 1.54) is 24.3 Å². The first kappa shape index (κ1) is 23.1. The van der Waals surface area contributed by atoms with Crippen molar-refractivity contribution in [2.24, 2.45) is 10.9 Å². The van der Waals surface area contributed by atoms with Crippen molar-refractivity contribution >= 4 is 11.9 Å². The average Bonchev–Trinajstić information content (AvgIpc) is 2.63. The van der Waals surface area contributed by atoms with Crippen molar-refractivity contribution in [1.29, 1.82) is 0 Å². The van der Waals surface area contributed by atoms with E-state index in [9.17, 15) is 9.18 Å². The Morgan fingerprint density at radius 3 is 2.37 bits per heavy atom. The van der Waals surface area contributed by atoms with Gasteiger partial charge in [-0.2, -0.15) is 0 Å². The molecular formula is C21H34FN3O2. The molecule has 6 heteroatoms. The Labute approximate surface area is 163 Å². The number of halogens is 1. The largest absolute Gasteiger partial charge is 0.465 e. The molecule has 0 aliphatic rings. The maximum atomic E-state index is 13.0. The highest BCUT2D eigenvalue weighted by Gasteiger charge is 2.13. The highest BCUT2D eigenvalue weighted by molar-refractivity contribution is 6.04. The highest BCUT2D eigenvalue weighted by Crippen LogP contribution is 2.06. The van der Waals surface area contributed by atoms with Crippen molar-refractivity contribution in [3.8, 4) is 0 Å². The van der Waals surface area contributed by atoms with E-state index < -0.39 is 0 Å². The second kappa shape index (κ2) is 12.4. The van der Waals surface area contributed by atoms with Crippen LogP contribution in [0.3, 0.4) is 0 Å². The number of amidine groups is 1. The molecule has 1 amide bonds. The summed E-state index contributed by atoms with van der Waals surface area (Å²) in [6.45, 7) is 14.0. The van der Waals surface area contributed by atoms with E-state index in [0.29, 0.717) is 18.1 Å². The predicted octanol–water partition coefficient (Wildman–Crippen LogP) is 4.09. The molecule has 0 aliphatic heterocycles. The normalized spacial score (nSPS) is 13.1. The third-order valence-corrected chi connectivity index (χ3v) is 4.21. The maximum absolute atomic E-state index is 13.0. The van der Waals surface area contributed by atoms with Gasteiger partial charge in [0.25, 0.3) is 11.9 Å². The van der Waals surface area contributed by atoms with Gasteiger partial charge in [-0.3, -0.25) is 10.1 Å². The molecule has 0 spiro atoms. The van der Waals surface area contributed by atoms with Crippen LogP contribution in [0.15, 0.2) is 29.3 Å². The maximum Gasteiger partial charge on any atom is 0.291 e. The molecular weight excluding hydrogens is 345 g/mol. The fraction of sp³-hybridized carbons (Fsp3) is 0.619. The second-order valence-corrected chi connectivity index (χ2v) is 7.12. The fourth-order valence-electron chi connectivity index (χ4n) is 2.54. The second-order valence-electron chi connectivity index (χ2n) is 7.12. The summed E-state index contributed by atoms with van der Waals surface area (Å²) in [5.74, 6) is -0.415. The van der Waals surface area contributed by atoms with Crippen molar-refractivity contribution in [2.45, 2.75) is 53.5 Å². The summed E-state index contributed by atoms with van der Waals surface area (Å²) in [7, 11) is 0. The van der Waals surface area contributed by atoms with Crippen molar-refractivity contribution in [2.75, 3.05) is 26.2 Å². The van der Waals surface area contributed by atoms with E-state index in [2.05, 4.69) is 29.1 Å². The van der Waals surface area contributed by atoms with Crippen molar-refractivity contribution in [1.82, 2.24) is 10.2 Å². The Morgan fingerprint density at radius 2 is 1.81 bits per heavy atom. The predicted molar refractivity (Wildman–Crippen MR) is 109 cm³/mol. The average molecular weight is 380 g/mol. The minimum Gasteiger partial charge on any atom is -0.465 e. The number of ether oxygens (including phenoxy) is 1. The molecule has 0 fully saturated rings. The molecule has 5 nitrogen and oxygen atoms in total. The monoisotopic (exact) mass is 379 g/mol. The molecule has 0 unspecified atom stereocenters. The van der Waals surface area contributed by atoms with Crippen LogP contribution in [0.25, 0.3) is 0 Å². The number of aliphatic imine (C=N–C) groups is 1. The summed E-state index contributed by atoms with van der Waals surface area (Å²) in [5, 5.41) is 2.72. The molecule has 1 rings (SSSR count). The van der Waals surface area contributed by atoms with Gasteiger partial charge in [0, 0.05) is 5.56 Å². The lowest BCUT2D eigenvalue weighted by molar-refractivity contribution is 0.0963. The lowest BCUT2D eigenvalue weighted by Crippen LogP contribution is -2.34. The number of carbonyl (C=O) groups excluding carboxylic acids is 1. The molecule has 1 N–H and O–H groups in total. The van der Waals surface area contributed by atoms with E-state index in [1.54, 1.807) is 0 Å². The minimum atomic E-state index is -0.377. The van der Waals surface area contributed by atoms with Gasteiger partial charge in [-0.05, 0) is 69.6 Å². The van der Waals surface area contributed by atoms with Gasteiger partial charge >= 0.3 is 0 Å². The molecule has 0 saturated carbocycles. The smallest absolute Gasteiger partial charge is 0.291 e. The van der Waals surface area contributed by atoms with Gasteiger partial charge in [-0.1, -0.05) is 27.7 Å². The standard InChI is InChI=1S/C21H34FN3O2/c1-6-25(7-2)14-8-9-17(5)23-21(27-15-16(3)4)24-20(26)18-10-12-19(22)13-11-18/h10-13,16-17H,6-9,14-15H2,1-5H3,(H,23,24,26)/t17-/m0/s1. The van der Waals surface area contributed by atoms with Crippen LogP contribution in [0, 0.1) is 11.7 Å². The van der Waals surface area contributed by atoms with Crippen LogP contribution in [0.1, 0.15) is 57.8 Å². The van der Waals surface area contributed by atoms with E-state index >= 15 is 0 Å². The van der Waals surface area contributed by atoms with Gasteiger partial charge in [0.1, 0.15) is 5.82 Å². The lowest BCUT2D eigenvalue weighted by Gasteiger charge is -2.19. The van der Waals surface area contributed by atoms with E-state index in [0.717, 1.165) is 32.5 Å². The Kier molecular flexibility index (Phi) is 10.6. The highest BCUT2D eigenvalue weighted by atomic mass is 19.1. The van der Waals surface area contributed by atoms with Gasteiger partial charge < -0.3 is 9.64 Å². The molecule has 0 aromatic heterocycles. The van der Waals surface area contributed by atoms with Crippen molar-refractivity contribution in [3.05, 3.63) is 35.6 Å². The summed E-state index contributed by atoms with van der Waals surface area (Å²) < 4.78 is 18.7. The SMILES string of the molecule is CCN(CC)CCC[C@H](C)N=C(NC(=O)c1ccc(F)cc1)OCC(C)C. The zero-order chi connectivity index (χ0) is 20.2. The molecule has 1 aromatic rings. The molecule has 1 atom stereocenters. The number of nitrogens with one attached hydrogen (secondary N) is 1. The number of amides is 1. The first-order valence-electron chi connectivity index (χ1n) is 9.85. The van der Waals surface area contributed by atoms with Crippen LogP contribution >= 0.6 is 0 Å². The molecule has 27 heavy (non-hydrogen) atoms. The first-order valence-corrected chi connectivity index (χ1v) is 9.85. The van der Waals surface area contributed by atoms with Crippen LogP contribution in [0.4, 0.5) is 4.39 Å². The van der Waals surface area contributed by atoms with Crippen LogP contribution in [-0.4, -0.2) is 49.1 Å². The topological polar surface area (TPSA) is 53.9 Å². The number of rotatable bonds is 10. The number of benzene rings is 1. The Hall–Kier alpha value is -1.95. The Morgan fingerprint density at radius 1 is 1.19 bits per heavy atom. The van der Waals surface area contributed by atoms with Gasteiger partial charge in [0.05, 0.1) is 12.6 Å². The number of nitrogens with zero attached hydrogens (tertiary/aromatic N) is 2. The molecule has 152 valence electrons. The van der Waals surface area contributed by atoms with Crippen LogP contribution in [0.5, 0.6) is 0 Å². The van der Waals surface area contributed by atoms with E-state index in [4.69, 9.17) is 4.74 Å². The summed E-state index contributed by atoms with van der Waals surface area (Å²) >= 11 is 0. The number of hydrogen-bond donors (Lipinski definition) is 1. The Balaban J connectivity index is 2.69. The fourth-order valence-corrected chi connectivity index (χ4v) is 2.54. The van der Waals surface area contributed by atoms with Crippen LogP contribution < -0.4 is 5.32 Å². The molecule has 0 heterocycles. The molecule has 0 aliphatic carbocycles. The van der Waals surface area contributed by atoms with Gasteiger partial charge in [-0.15, -0.1) is 0 Å². The summed E-state index contributed by atoms with van der Waals surface area (Å²) in [6.07, 6.45) is 1.95. The zero-order valence-corrected chi connectivity index (χ0v) is 17.3. The summed E-state index contributed by atoms with van der Waals surface area (Å²) in [5.41, 5.74) is 0.367. The Bertz CT molecular complexity index is 584. The van der Waals surface area contributed by atoms with Gasteiger partial charge in [0.15, 0.2) is 0 Å². The van der Waals surface area contributed by atoms with Gasteiger partial charge in [0.2, 0.25) is 0 Å². The molecule has 0 saturated heterocycles. The third kappa shape index (κ3) is 9.52. The molecule has 0 radical (unpaired) electrons. The quantitative estimate of drug-likeness (QED) is 0.492. The van der Waals surface area contributed by atoms with Crippen molar-refractivity contribution < 1.29 is 13.9 Å².